The average molecular weight is 713 g/mol. The Morgan fingerprint density at radius 1 is 0.623 bits per heavy atom. The van der Waals surface area contributed by atoms with Gasteiger partial charge < -0.3 is 19.3 Å². The van der Waals surface area contributed by atoms with Gasteiger partial charge in [0.1, 0.15) is 0 Å². The molecule has 3 saturated carbocycles. The van der Waals surface area contributed by atoms with Crippen LogP contribution in [0.2, 0.25) is 0 Å². The fourth-order valence-corrected chi connectivity index (χ4v) is 15.8. The van der Waals surface area contributed by atoms with Crippen LogP contribution < -0.4 is 0 Å². The maximum atomic E-state index is 7.81. The first-order valence-corrected chi connectivity index (χ1v) is 23.1. The molecule has 8 aliphatic carbocycles. The standard InChI is InChI=1S/C49H64N2O2/c1-7-22-38-31(15-1)32-16-2-8-23-39(32)50(38)42-26-14-30-46-47(42)49(35-19-5-11-28-44(35)52-46)36-20-6-12-29-45(36)53-48-37(49)21-13-27-43(48)51-40-24-9-3-17-33(40)34-18-4-10-25-41(34)51/h3,9-10,17,20,24-25,31,33,35,37-38,40,43-46,48H,1-2,4-8,11-16,18-19,21-23,26-30H2. The highest BCUT2D eigenvalue weighted by Crippen LogP contribution is 2.69. The van der Waals surface area contributed by atoms with Crippen LogP contribution in [0.15, 0.2) is 81.9 Å². The van der Waals surface area contributed by atoms with Gasteiger partial charge in [-0.15, -0.1) is 0 Å². The predicted molar refractivity (Wildman–Crippen MR) is 212 cm³/mol. The predicted octanol–water partition coefficient (Wildman–Crippen LogP) is 11.1. The van der Waals surface area contributed by atoms with E-state index in [4.69, 9.17) is 9.47 Å². The summed E-state index contributed by atoms with van der Waals surface area (Å²) in [6, 6.07) is 1.58. The van der Waals surface area contributed by atoms with Crippen LogP contribution in [-0.4, -0.2) is 52.3 Å². The van der Waals surface area contributed by atoms with Gasteiger partial charge in [0.2, 0.25) is 0 Å². The minimum atomic E-state index is 0.0830. The van der Waals surface area contributed by atoms with E-state index in [1.807, 2.05) is 11.1 Å². The van der Waals surface area contributed by atoms with Crippen molar-refractivity contribution < 1.29 is 9.47 Å². The van der Waals surface area contributed by atoms with Gasteiger partial charge in [-0.1, -0.05) is 68.6 Å². The summed E-state index contributed by atoms with van der Waals surface area (Å²) in [7, 11) is 0. The third kappa shape index (κ3) is 4.66. The van der Waals surface area contributed by atoms with E-state index in [9.17, 15) is 0 Å². The summed E-state index contributed by atoms with van der Waals surface area (Å²) >= 11 is 0. The summed E-state index contributed by atoms with van der Waals surface area (Å²) in [6.07, 6.45) is 49.1. The molecule has 53 heavy (non-hydrogen) atoms. The number of nitrogens with zero attached hydrogens (tertiary/aromatic N) is 2. The van der Waals surface area contributed by atoms with Gasteiger partial charge >= 0.3 is 0 Å². The lowest BCUT2D eigenvalue weighted by atomic mass is 9.45. The number of fused-ring (bicyclic) bond motifs is 12. The van der Waals surface area contributed by atoms with Gasteiger partial charge in [-0.3, -0.25) is 0 Å². The molecule has 4 heterocycles. The summed E-state index contributed by atoms with van der Waals surface area (Å²) < 4.78 is 15.4. The molecule has 0 N–H and O–H groups in total. The SMILES string of the molecule is C1=CC2C3=C(C=CCC3)N(C3CCCC4C3OC3CCCC=C3C43C4=C(N5C6=C(CCCC6)C6CCCCC65)CCCC4OC4CCCCC43)C2C=C1. The second-order valence-corrected chi connectivity index (χ2v) is 19.5. The quantitative estimate of drug-likeness (QED) is 0.266. The Labute approximate surface area is 319 Å². The highest BCUT2D eigenvalue weighted by Gasteiger charge is 2.67. The number of hydrogen-bond donors (Lipinski definition) is 0. The Kier molecular flexibility index (Phi) is 7.99. The molecule has 282 valence electrons. The molecule has 1 spiro atoms. The van der Waals surface area contributed by atoms with Crippen LogP contribution in [0.4, 0.5) is 0 Å². The van der Waals surface area contributed by atoms with Crippen molar-refractivity contribution in [3.63, 3.8) is 0 Å². The molecule has 12 unspecified atom stereocenters. The molecule has 2 saturated heterocycles. The molecule has 12 atom stereocenters. The van der Waals surface area contributed by atoms with E-state index in [0.29, 0.717) is 42.0 Å². The van der Waals surface area contributed by atoms with Crippen molar-refractivity contribution in [2.24, 2.45) is 29.1 Å². The molecule has 4 nitrogen and oxygen atoms in total. The van der Waals surface area contributed by atoms with Crippen LogP contribution in [0.25, 0.3) is 0 Å². The summed E-state index contributed by atoms with van der Waals surface area (Å²) in [5.74, 6) is 2.47. The van der Waals surface area contributed by atoms with E-state index in [2.05, 4.69) is 52.3 Å². The molecule has 4 aliphatic heterocycles. The van der Waals surface area contributed by atoms with E-state index in [1.54, 1.807) is 28.2 Å². The van der Waals surface area contributed by atoms with E-state index < -0.39 is 0 Å². The highest BCUT2D eigenvalue weighted by atomic mass is 16.5. The lowest BCUT2D eigenvalue weighted by molar-refractivity contribution is -0.206. The molecule has 0 aromatic heterocycles. The Balaban J connectivity index is 1.07. The first-order chi connectivity index (χ1) is 26.3. The first kappa shape index (κ1) is 32.9. The largest absolute Gasteiger partial charge is 0.370 e. The van der Waals surface area contributed by atoms with E-state index >= 15 is 0 Å². The monoisotopic (exact) mass is 712 g/mol. The highest BCUT2D eigenvalue weighted by molar-refractivity contribution is 5.49. The summed E-state index contributed by atoms with van der Waals surface area (Å²) in [5.41, 5.74) is 12.4. The molecule has 5 fully saturated rings. The Morgan fingerprint density at radius 3 is 2.45 bits per heavy atom. The van der Waals surface area contributed by atoms with Crippen LogP contribution in [0.1, 0.15) is 148 Å². The molecule has 12 aliphatic rings. The Bertz CT molecular complexity index is 1740. The normalized spacial score (nSPS) is 45.6. The zero-order valence-corrected chi connectivity index (χ0v) is 32.4. The second kappa shape index (κ2) is 12.9. The molecule has 0 bridgehead atoms. The minimum absolute atomic E-state index is 0.0830. The third-order valence-corrected chi connectivity index (χ3v) is 17.4. The zero-order valence-electron chi connectivity index (χ0n) is 32.4. The van der Waals surface area contributed by atoms with Gasteiger partial charge in [0.25, 0.3) is 0 Å². The Morgan fingerprint density at radius 2 is 1.45 bits per heavy atom. The molecule has 0 radical (unpaired) electrons. The topological polar surface area (TPSA) is 24.9 Å². The number of rotatable bonds is 2. The van der Waals surface area contributed by atoms with Crippen molar-refractivity contribution in [2.45, 2.75) is 190 Å². The molecule has 0 aromatic carbocycles. The summed E-state index contributed by atoms with van der Waals surface area (Å²) in [6.45, 7) is 0. The molecular weight excluding hydrogens is 649 g/mol. The number of ether oxygens (including phenoxy) is 2. The lowest BCUT2D eigenvalue weighted by Gasteiger charge is -2.67. The van der Waals surface area contributed by atoms with E-state index in [1.165, 1.54) is 148 Å². The van der Waals surface area contributed by atoms with Crippen LogP contribution in [0, 0.1) is 29.1 Å². The van der Waals surface area contributed by atoms with Crippen molar-refractivity contribution in [1.29, 1.82) is 0 Å². The van der Waals surface area contributed by atoms with Gasteiger partial charge in [-0.2, -0.15) is 0 Å². The maximum absolute atomic E-state index is 7.81. The van der Waals surface area contributed by atoms with Gasteiger partial charge in [0.15, 0.2) is 0 Å². The van der Waals surface area contributed by atoms with Crippen molar-refractivity contribution in [1.82, 2.24) is 9.80 Å². The first-order valence-electron chi connectivity index (χ1n) is 23.1. The average Bonchev–Trinajstić information content (AvgIpc) is 3.73. The van der Waals surface area contributed by atoms with Gasteiger partial charge in [-0.25, -0.2) is 0 Å². The van der Waals surface area contributed by atoms with Crippen LogP contribution >= 0.6 is 0 Å². The van der Waals surface area contributed by atoms with E-state index in [-0.39, 0.29) is 23.7 Å². The smallest absolute Gasteiger partial charge is 0.0826 e. The summed E-state index contributed by atoms with van der Waals surface area (Å²) in [5, 5.41) is 0. The molecular formula is C49H64N2O2. The Hall–Kier alpha value is -2.30. The molecule has 0 amide bonds. The molecule has 0 aromatic rings. The lowest BCUT2D eigenvalue weighted by Crippen LogP contribution is -2.67. The maximum Gasteiger partial charge on any atom is 0.0826 e. The van der Waals surface area contributed by atoms with Crippen molar-refractivity contribution in [2.75, 3.05) is 0 Å². The van der Waals surface area contributed by atoms with Gasteiger partial charge in [-0.05, 0) is 150 Å². The van der Waals surface area contributed by atoms with Crippen molar-refractivity contribution in [3.05, 3.63) is 81.9 Å². The number of allylic oxidation sites excluding steroid dienone is 7. The van der Waals surface area contributed by atoms with Crippen molar-refractivity contribution in [3.8, 4) is 0 Å². The third-order valence-electron chi connectivity index (χ3n) is 17.4. The fourth-order valence-electron chi connectivity index (χ4n) is 15.8. The summed E-state index contributed by atoms with van der Waals surface area (Å²) in [4.78, 5) is 6.08. The van der Waals surface area contributed by atoms with Gasteiger partial charge in [0.05, 0.1) is 36.5 Å². The fraction of sp³-hybridized carbons (Fsp3) is 0.714. The zero-order chi connectivity index (χ0) is 34.7. The molecule has 4 heteroatoms. The second-order valence-electron chi connectivity index (χ2n) is 19.5. The van der Waals surface area contributed by atoms with Crippen LogP contribution in [-0.2, 0) is 9.47 Å². The minimum Gasteiger partial charge on any atom is -0.370 e. The molecule has 12 rings (SSSR count). The van der Waals surface area contributed by atoms with Gasteiger partial charge in [0, 0.05) is 46.3 Å². The van der Waals surface area contributed by atoms with Crippen molar-refractivity contribution >= 4 is 0 Å². The van der Waals surface area contributed by atoms with Crippen LogP contribution in [0.3, 0.4) is 0 Å². The van der Waals surface area contributed by atoms with E-state index in [0.717, 1.165) is 5.92 Å². The number of hydrogen-bond acceptors (Lipinski definition) is 4. The van der Waals surface area contributed by atoms with Crippen LogP contribution in [0.5, 0.6) is 0 Å².